The summed E-state index contributed by atoms with van der Waals surface area (Å²) < 4.78 is 2.13. The largest absolute Gasteiger partial charge is 0.411 e. The van der Waals surface area contributed by atoms with Gasteiger partial charge in [0.05, 0.1) is 25.1 Å². The van der Waals surface area contributed by atoms with Crippen LogP contribution in [0.2, 0.25) is 6.82 Å². The van der Waals surface area contributed by atoms with Crippen molar-refractivity contribution in [1.82, 2.24) is 4.98 Å². The summed E-state index contributed by atoms with van der Waals surface area (Å²) in [7, 11) is 2.06. The molecule has 0 aromatic carbocycles. The summed E-state index contributed by atoms with van der Waals surface area (Å²) in [4.78, 5) is 6.67. The van der Waals surface area contributed by atoms with Gasteiger partial charge in [-0.05, 0) is 24.4 Å². The van der Waals surface area contributed by atoms with E-state index in [2.05, 4.69) is 64.9 Å². The molecule has 0 fully saturated rings. The molecule has 0 unspecified atom stereocenters. The molecule has 1 aliphatic heterocycles. The molecule has 4 heteroatoms. The van der Waals surface area contributed by atoms with E-state index in [0.717, 1.165) is 5.69 Å². The Bertz CT molecular complexity index is 609. The van der Waals surface area contributed by atoms with Gasteiger partial charge in [-0.3, -0.25) is 9.79 Å². The van der Waals surface area contributed by atoms with Crippen LogP contribution >= 0.6 is 0 Å². The highest BCUT2D eigenvalue weighted by molar-refractivity contribution is 6.77. The summed E-state index contributed by atoms with van der Waals surface area (Å²) in [6, 6.07) is 10.4. The van der Waals surface area contributed by atoms with Crippen LogP contribution in [0.3, 0.4) is 0 Å². The molecular formula is C14H15BN3+. The summed E-state index contributed by atoms with van der Waals surface area (Å²) in [5.41, 5.74) is 2.34. The highest BCUT2D eigenvalue weighted by Gasteiger charge is 2.33. The van der Waals surface area contributed by atoms with Gasteiger partial charge in [0.15, 0.2) is 0 Å². The van der Waals surface area contributed by atoms with Crippen molar-refractivity contribution in [3.05, 3.63) is 54.6 Å². The van der Waals surface area contributed by atoms with Crippen molar-refractivity contribution < 1.29 is 4.57 Å². The molecule has 0 saturated heterocycles. The minimum Gasteiger partial charge on any atom is -0.293 e. The fraction of sp³-hybridized carbons (Fsp3) is 0.143. The number of anilines is 1. The third-order valence-electron chi connectivity index (χ3n) is 3.42. The highest BCUT2D eigenvalue weighted by atomic mass is 15.2. The fourth-order valence-corrected chi connectivity index (χ4v) is 2.41. The van der Waals surface area contributed by atoms with Crippen LogP contribution in [0.1, 0.15) is 5.69 Å². The fourth-order valence-electron chi connectivity index (χ4n) is 2.41. The first-order chi connectivity index (χ1) is 8.77. The first-order valence-corrected chi connectivity index (χ1v) is 6.13. The highest BCUT2D eigenvalue weighted by Crippen LogP contribution is 2.16. The molecule has 0 spiro atoms. The zero-order valence-corrected chi connectivity index (χ0v) is 10.6. The Balaban J connectivity index is 2.06. The van der Waals surface area contributed by atoms with Crippen molar-refractivity contribution in [3.63, 3.8) is 0 Å². The maximum absolute atomic E-state index is 4.40. The second-order valence-electron chi connectivity index (χ2n) is 4.55. The number of hydrogen-bond acceptors (Lipinski definition) is 2. The summed E-state index contributed by atoms with van der Waals surface area (Å²) in [5, 5.41) is 0. The molecule has 18 heavy (non-hydrogen) atoms. The van der Waals surface area contributed by atoms with Crippen LogP contribution in [0.5, 0.6) is 0 Å². The molecule has 2 aromatic rings. The predicted molar refractivity (Wildman–Crippen MR) is 74.6 cm³/mol. The van der Waals surface area contributed by atoms with Gasteiger partial charge in [-0.1, -0.05) is 12.1 Å². The molecule has 3 nitrogen and oxygen atoms in total. The normalized spacial score (nSPS) is 13.7. The van der Waals surface area contributed by atoms with E-state index in [-0.39, 0.29) is 0 Å². The average Bonchev–Trinajstić information content (AvgIpc) is 2.41. The third-order valence-corrected chi connectivity index (χ3v) is 3.42. The van der Waals surface area contributed by atoms with Crippen molar-refractivity contribution in [2.75, 3.05) is 4.81 Å². The van der Waals surface area contributed by atoms with Crippen LogP contribution < -0.4 is 14.8 Å². The summed E-state index contributed by atoms with van der Waals surface area (Å²) in [5.74, 6) is 1.18. The maximum atomic E-state index is 4.40. The molecule has 0 N–H and O–H groups in total. The molecule has 2 aromatic heterocycles. The number of pyridine rings is 2. The van der Waals surface area contributed by atoms with E-state index in [0.29, 0.717) is 6.85 Å². The summed E-state index contributed by atoms with van der Waals surface area (Å²) in [6.07, 6.45) is 8.08. The van der Waals surface area contributed by atoms with E-state index in [1.54, 1.807) is 0 Å². The van der Waals surface area contributed by atoms with Gasteiger partial charge in [0.1, 0.15) is 0 Å². The van der Waals surface area contributed by atoms with E-state index < -0.39 is 0 Å². The minimum atomic E-state index is 0.298. The standard InChI is InChI=1S/C14H15BN3/c1-15-12-6-5-9-16-13(12)8-11-18(15)14-7-3-4-10-17(14)2/h3-11H,1-2H3/q+1. The van der Waals surface area contributed by atoms with Gasteiger partial charge < -0.3 is 0 Å². The lowest BCUT2D eigenvalue weighted by molar-refractivity contribution is -0.658. The first-order valence-electron chi connectivity index (χ1n) is 6.13. The molecule has 0 aliphatic carbocycles. The monoisotopic (exact) mass is 236 g/mol. The van der Waals surface area contributed by atoms with Gasteiger partial charge in [-0.25, -0.2) is 4.57 Å². The molecular weight excluding hydrogens is 221 g/mol. The number of aromatic nitrogens is 2. The molecule has 0 bridgehead atoms. The average molecular weight is 236 g/mol. The van der Waals surface area contributed by atoms with Gasteiger partial charge in [0.25, 0.3) is 5.82 Å². The van der Waals surface area contributed by atoms with Crippen LogP contribution in [-0.4, -0.2) is 11.8 Å². The predicted octanol–water partition coefficient (Wildman–Crippen LogP) is 1.23. The second kappa shape index (κ2) is 4.29. The number of nitrogens with zero attached hydrogens (tertiary/aromatic N) is 3. The van der Waals surface area contributed by atoms with Gasteiger partial charge in [-0.15, -0.1) is 0 Å². The molecule has 3 heterocycles. The van der Waals surface area contributed by atoms with Gasteiger partial charge in [0.2, 0.25) is 0 Å². The number of aryl methyl sites for hydroxylation is 1. The van der Waals surface area contributed by atoms with Crippen LogP contribution in [0, 0.1) is 0 Å². The summed E-state index contributed by atoms with van der Waals surface area (Å²) in [6.45, 7) is 2.50. The Morgan fingerprint density at radius 3 is 2.94 bits per heavy atom. The van der Waals surface area contributed by atoms with Crippen LogP contribution in [0.4, 0.5) is 5.82 Å². The molecule has 0 amide bonds. The Morgan fingerprint density at radius 2 is 2.11 bits per heavy atom. The maximum Gasteiger partial charge on any atom is 0.411 e. The van der Waals surface area contributed by atoms with Crippen LogP contribution in [0.15, 0.2) is 48.9 Å². The SMILES string of the molecule is CB1c2cccnc2C=CN1c1cccc[n+]1C. The van der Waals surface area contributed by atoms with E-state index in [1.165, 1.54) is 11.3 Å². The van der Waals surface area contributed by atoms with Crippen LogP contribution in [0.25, 0.3) is 6.08 Å². The van der Waals surface area contributed by atoms with E-state index in [4.69, 9.17) is 0 Å². The van der Waals surface area contributed by atoms with Crippen molar-refractivity contribution >= 4 is 24.2 Å². The zero-order chi connectivity index (χ0) is 12.5. The lowest BCUT2D eigenvalue weighted by atomic mass is 9.55. The van der Waals surface area contributed by atoms with Crippen molar-refractivity contribution in [3.8, 4) is 0 Å². The van der Waals surface area contributed by atoms with Crippen molar-refractivity contribution in [1.29, 1.82) is 0 Å². The second-order valence-corrected chi connectivity index (χ2v) is 4.55. The molecule has 0 saturated carbocycles. The third kappa shape index (κ3) is 1.70. The molecule has 0 radical (unpaired) electrons. The van der Waals surface area contributed by atoms with Gasteiger partial charge in [-0.2, -0.15) is 0 Å². The first kappa shape index (κ1) is 11.0. The van der Waals surface area contributed by atoms with E-state index >= 15 is 0 Å². The number of rotatable bonds is 1. The van der Waals surface area contributed by atoms with Crippen molar-refractivity contribution in [2.45, 2.75) is 6.82 Å². The quantitative estimate of drug-likeness (QED) is 0.548. The Hall–Kier alpha value is -2.10. The Kier molecular flexibility index (Phi) is 2.63. The van der Waals surface area contributed by atoms with Gasteiger partial charge >= 0.3 is 6.85 Å². The molecule has 3 rings (SSSR count). The minimum absolute atomic E-state index is 0.298. The Morgan fingerprint density at radius 1 is 1.22 bits per heavy atom. The number of fused-ring (bicyclic) bond motifs is 1. The van der Waals surface area contributed by atoms with E-state index in [9.17, 15) is 0 Å². The molecule has 0 atom stereocenters. The van der Waals surface area contributed by atoms with Crippen molar-refractivity contribution in [2.24, 2.45) is 7.05 Å². The Labute approximate surface area is 108 Å². The van der Waals surface area contributed by atoms with Crippen LogP contribution in [-0.2, 0) is 7.05 Å². The van der Waals surface area contributed by atoms with E-state index in [1.807, 2.05) is 18.3 Å². The zero-order valence-electron chi connectivity index (χ0n) is 10.6. The van der Waals surface area contributed by atoms with Gasteiger partial charge in [0, 0.05) is 18.3 Å². The molecule has 1 aliphatic rings. The lowest BCUT2D eigenvalue weighted by Gasteiger charge is -2.23. The smallest absolute Gasteiger partial charge is 0.293 e. The number of hydrogen-bond donors (Lipinski definition) is 0. The molecule has 88 valence electrons. The topological polar surface area (TPSA) is 20.0 Å². The summed E-state index contributed by atoms with van der Waals surface area (Å²) >= 11 is 0. The lowest BCUT2D eigenvalue weighted by Crippen LogP contribution is -2.51.